The Morgan fingerprint density at radius 3 is 2.32 bits per heavy atom. The van der Waals surface area contributed by atoms with E-state index in [0.717, 1.165) is 10.6 Å². The smallest absolute Gasteiger partial charge is 0.234 e. The molecule has 0 saturated heterocycles. The van der Waals surface area contributed by atoms with E-state index in [0.29, 0.717) is 6.54 Å². The van der Waals surface area contributed by atoms with Crippen molar-refractivity contribution >= 4 is 17.5 Å². The summed E-state index contributed by atoms with van der Waals surface area (Å²) in [6.07, 6.45) is 0. The Labute approximate surface area is 120 Å². The van der Waals surface area contributed by atoms with Crippen molar-refractivity contribution in [1.29, 1.82) is 0 Å². The molecule has 0 saturated carbocycles. The first-order valence-electron chi connectivity index (χ1n) is 6.46. The topological polar surface area (TPSA) is 32.3 Å². The zero-order chi connectivity index (χ0) is 14.6. The molecule has 3 nitrogen and oxygen atoms in total. The number of nitrogens with one attached hydrogen (secondary N) is 1. The van der Waals surface area contributed by atoms with Crippen molar-refractivity contribution in [2.45, 2.75) is 39.3 Å². The van der Waals surface area contributed by atoms with Gasteiger partial charge in [-0.05, 0) is 52.4 Å². The summed E-state index contributed by atoms with van der Waals surface area (Å²) in [6.45, 7) is 8.39. The molecule has 1 aromatic carbocycles. The van der Waals surface area contributed by atoms with Gasteiger partial charge in [0.15, 0.2) is 0 Å². The van der Waals surface area contributed by atoms with Crippen LogP contribution in [-0.4, -0.2) is 29.9 Å². The fourth-order valence-corrected chi connectivity index (χ4v) is 1.94. The zero-order valence-corrected chi connectivity index (χ0v) is 13.1. The molecule has 0 aromatic heterocycles. The molecule has 0 heterocycles. The number of carbonyl (C=O) groups is 1. The Morgan fingerprint density at radius 1 is 1.32 bits per heavy atom. The van der Waals surface area contributed by atoms with Crippen LogP contribution < -0.4 is 5.32 Å². The van der Waals surface area contributed by atoms with Crippen LogP contribution in [0.3, 0.4) is 0 Å². The molecule has 1 atom stereocenters. The highest BCUT2D eigenvalue weighted by Gasteiger charge is 2.18. The van der Waals surface area contributed by atoms with Crippen LogP contribution in [0, 0.1) is 0 Å². The van der Waals surface area contributed by atoms with Gasteiger partial charge in [0.1, 0.15) is 0 Å². The van der Waals surface area contributed by atoms with Crippen molar-refractivity contribution in [3.8, 4) is 0 Å². The molecule has 106 valence electrons. The standard InChI is InChI=1S/C15H23ClN2O/c1-11(12-6-8-13(16)9-7-12)18(5)10-14(19)17-15(2,3)4/h6-9,11H,10H2,1-5H3,(H,17,19). The Hall–Kier alpha value is -1.06. The summed E-state index contributed by atoms with van der Waals surface area (Å²) in [4.78, 5) is 13.9. The highest BCUT2D eigenvalue weighted by atomic mass is 35.5. The van der Waals surface area contributed by atoms with Crippen LogP contribution in [0.15, 0.2) is 24.3 Å². The molecule has 0 bridgehead atoms. The van der Waals surface area contributed by atoms with Crippen molar-refractivity contribution in [2.24, 2.45) is 0 Å². The van der Waals surface area contributed by atoms with E-state index in [-0.39, 0.29) is 17.5 Å². The molecule has 0 aliphatic rings. The fourth-order valence-electron chi connectivity index (χ4n) is 1.82. The lowest BCUT2D eigenvalue weighted by Crippen LogP contribution is -2.45. The van der Waals surface area contributed by atoms with Crippen LogP contribution >= 0.6 is 11.6 Å². The first-order valence-corrected chi connectivity index (χ1v) is 6.83. The second kappa shape index (κ2) is 6.40. The minimum atomic E-state index is -0.193. The van der Waals surface area contributed by atoms with E-state index in [1.165, 1.54) is 0 Å². The van der Waals surface area contributed by atoms with Gasteiger partial charge in [-0.15, -0.1) is 0 Å². The molecule has 0 radical (unpaired) electrons. The Kier molecular flexibility index (Phi) is 5.39. The second-order valence-corrected chi connectivity index (χ2v) is 6.38. The van der Waals surface area contributed by atoms with Crippen LogP contribution in [0.2, 0.25) is 5.02 Å². The van der Waals surface area contributed by atoms with E-state index in [9.17, 15) is 4.79 Å². The van der Waals surface area contributed by atoms with Crippen LogP contribution in [0.25, 0.3) is 0 Å². The molecular weight excluding hydrogens is 260 g/mol. The quantitative estimate of drug-likeness (QED) is 0.919. The van der Waals surface area contributed by atoms with Crippen molar-refractivity contribution < 1.29 is 4.79 Å². The lowest BCUT2D eigenvalue weighted by atomic mass is 10.1. The average molecular weight is 283 g/mol. The van der Waals surface area contributed by atoms with Gasteiger partial charge in [0.05, 0.1) is 6.54 Å². The van der Waals surface area contributed by atoms with Gasteiger partial charge in [-0.2, -0.15) is 0 Å². The third kappa shape index (κ3) is 5.62. The lowest BCUT2D eigenvalue weighted by molar-refractivity contribution is -0.123. The molecule has 0 aliphatic heterocycles. The number of carbonyl (C=O) groups excluding carboxylic acids is 1. The summed E-state index contributed by atoms with van der Waals surface area (Å²) < 4.78 is 0. The number of amides is 1. The van der Waals surface area contributed by atoms with E-state index in [1.54, 1.807) is 0 Å². The van der Waals surface area contributed by atoms with Crippen molar-refractivity contribution in [1.82, 2.24) is 10.2 Å². The molecule has 1 rings (SSSR count). The summed E-state index contributed by atoms with van der Waals surface area (Å²) in [7, 11) is 1.95. The minimum absolute atomic E-state index is 0.0378. The normalized spacial score (nSPS) is 13.4. The molecule has 1 aromatic rings. The van der Waals surface area contributed by atoms with Gasteiger partial charge < -0.3 is 5.32 Å². The van der Waals surface area contributed by atoms with Crippen LogP contribution in [0.5, 0.6) is 0 Å². The highest BCUT2D eigenvalue weighted by molar-refractivity contribution is 6.30. The summed E-state index contributed by atoms with van der Waals surface area (Å²) in [5, 5.41) is 3.69. The van der Waals surface area contributed by atoms with Gasteiger partial charge in [0, 0.05) is 16.6 Å². The number of benzene rings is 1. The molecule has 1 unspecified atom stereocenters. The van der Waals surface area contributed by atoms with E-state index >= 15 is 0 Å². The van der Waals surface area contributed by atoms with Gasteiger partial charge >= 0.3 is 0 Å². The first-order chi connectivity index (χ1) is 8.69. The molecule has 4 heteroatoms. The van der Waals surface area contributed by atoms with E-state index in [4.69, 9.17) is 11.6 Å². The van der Waals surface area contributed by atoms with Crippen molar-refractivity contribution in [3.05, 3.63) is 34.9 Å². The molecule has 0 spiro atoms. The maximum absolute atomic E-state index is 11.9. The zero-order valence-electron chi connectivity index (χ0n) is 12.3. The van der Waals surface area contributed by atoms with Crippen LogP contribution in [0.1, 0.15) is 39.3 Å². The predicted octanol–water partition coefficient (Wildman–Crippen LogP) is 3.25. The number of nitrogens with zero attached hydrogens (tertiary/aromatic N) is 1. The van der Waals surface area contributed by atoms with Gasteiger partial charge in [0.25, 0.3) is 0 Å². The molecule has 19 heavy (non-hydrogen) atoms. The summed E-state index contributed by atoms with van der Waals surface area (Å²) in [5.41, 5.74) is 0.956. The van der Waals surface area contributed by atoms with Crippen LogP contribution in [0.4, 0.5) is 0 Å². The highest BCUT2D eigenvalue weighted by Crippen LogP contribution is 2.20. The molecule has 1 amide bonds. The first kappa shape index (κ1) is 16.0. The van der Waals surface area contributed by atoms with Crippen molar-refractivity contribution in [2.75, 3.05) is 13.6 Å². The number of hydrogen-bond donors (Lipinski definition) is 1. The van der Waals surface area contributed by atoms with Crippen molar-refractivity contribution in [3.63, 3.8) is 0 Å². The molecular formula is C15H23ClN2O. The summed E-state index contributed by atoms with van der Waals surface area (Å²) in [6, 6.07) is 7.89. The monoisotopic (exact) mass is 282 g/mol. The number of likely N-dealkylation sites (N-methyl/N-ethyl adjacent to an activating group) is 1. The van der Waals surface area contributed by atoms with E-state index in [1.807, 2.05) is 57.0 Å². The molecule has 1 N–H and O–H groups in total. The Bertz CT molecular complexity index is 423. The fraction of sp³-hybridized carbons (Fsp3) is 0.533. The second-order valence-electron chi connectivity index (χ2n) is 5.94. The Morgan fingerprint density at radius 2 is 1.84 bits per heavy atom. The van der Waals surface area contributed by atoms with Gasteiger partial charge in [-0.25, -0.2) is 0 Å². The lowest BCUT2D eigenvalue weighted by Gasteiger charge is -2.27. The van der Waals surface area contributed by atoms with Gasteiger partial charge in [0.2, 0.25) is 5.91 Å². The average Bonchev–Trinajstić information content (AvgIpc) is 2.26. The number of halogens is 1. The maximum atomic E-state index is 11.9. The third-order valence-electron chi connectivity index (χ3n) is 2.92. The third-order valence-corrected chi connectivity index (χ3v) is 3.17. The van der Waals surface area contributed by atoms with E-state index < -0.39 is 0 Å². The molecule has 0 aliphatic carbocycles. The summed E-state index contributed by atoms with van der Waals surface area (Å²) >= 11 is 5.88. The SMILES string of the molecule is CC(c1ccc(Cl)cc1)N(C)CC(=O)NC(C)(C)C. The largest absolute Gasteiger partial charge is 0.350 e. The number of rotatable bonds is 4. The van der Waals surface area contributed by atoms with Crippen LogP contribution in [-0.2, 0) is 4.79 Å². The minimum Gasteiger partial charge on any atom is -0.350 e. The Balaban J connectivity index is 2.60. The molecule has 0 fully saturated rings. The number of hydrogen-bond acceptors (Lipinski definition) is 2. The van der Waals surface area contributed by atoms with Gasteiger partial charge in [-0.1, -0.05) is 23.7 Å². The predicted molar refractivity (Wildman–Crippen MR) is 80.4 cm³/mol. The van der Waals surface area contributed by atoms with Gasteiger partial charge in [-0.3, -0.25) is 9.69 Å². The van der Waals surface area contributed by atoms with E-state index in [2.05, 4.69) is 12.2 Å². The maximum Gasteiger partial charge on any atom is 0.234 e. The summed E-state index contributed by atoms with van der Waals surface area (Å²) in [5.74, 6) is 0.0378.